The first-order valence-electron chi connectivity index (χ1n) is 4.24. The monoisotopic (exact) mass is 218 g/mol. The van der Waals surface area contributed by atoms with Crippen LogP contribution in [0.25, 0.3) is 0 Å². The van der Waals surface area contributed by atoms with Crippen molar-refractivity contribution in [3.8, 4) is 0 Å². The number of carboxylic acid groups (broad SMARTS) is 1. The predicted octanol–water partition coefficient (Wildman–Crippen LogP) is 2.48. The van der Waals surface area contributed by atoms with E-state index in [0.717, 1.165) is 6.07 Å². The third-order valence-electron chi connectivity index (χ3n) is 1.82. The summed E-state index contributed by atoms with van der Waals surface area (Å²) in [5.41, 5.74) is -0.177. The normalized spacial score (nSPS) is 11.4. The van der Waals surface area contributed by atoms with Gasteiger partial charge in [0.1, 0.15) is 12.2 Å². The van der Waals surface area contributed by atoms with Gasteiger partial charge < -0.3 is 5.11 Å². The molecule has 0 spiro atoms. The largest absolute Gasteiger partial charge is 0.481 e. The maximum atomic E-state index is 13.0. The average molecular weight is 218 g/mol. The zero-order valence-corrected chi connectivity index (χ0v) is 7.71. The number of benzene rings is 1. The molecule has 0 bridgehead atoms. The first kappa shape index (κ1) is 11.6. The molecular weight excluding hydrogens is 209 g/mol. The number of carbonyl (C=O) groups is 1. The summed E-state index contributed by atoms with van der Waals surface area (Å²) < 4.78 is 39.0. The van der Waals surface area contributed by atoms with Crippen molar-refractivity contribution in [3.05, 3.63) is 35.6 Å². The van der Waals surface area contributed by atoms with Crippen LogP contribution in [0.1, 0.15) is 12.0 Å². The van der Waals surface area contributed by atoms with Crippen molar-refractivity contribution in [1.29, 1.82) is 0 Å². The molecule has 0 saturated carbocycles. The molecule has 0 radical (unpaired) electrons. The van der Waals surface area contributed by atoms with E-state index in [0.29, 0.717) is 0 Å². The quantitative estimate of drug-likeness (QED) is 0.842. The van der Waals surface area contributed by atoms with Crippen LogP contribution >= 0.6 is 0 Å². The molecule has 5 heteroatoms. The topological polar surface area (TPSA) is 37.3 Å². The zero-order valence-electron chi connectivity index (χ0n) is 7.71. The van der Waals surface area contributed by atoms with Crippen molar-refractivity contribution >= 4 is 5.97 Å². The fraction of sp³-hybridized carbons (Fsp3) is 0.300. The second-order valence-electron chi connectivity index (χ2n) is 3.19. The summed E-state index contributed by atoms with van der Waals surface area (Å²) in [7, 11) is 0. The Morgan fingerprint density at radius 1 is 1.33 bits per heavy atom. The number of halogens is 3. The summed E-state index contributed by atoms with van der Waals surface area (Å²) in [6.07, 6.45) is -2.19. The molecule has 0 fully saturated rings. The maximum Gasteiger partial charge on any atom is 0.309 e. The lowest BCUT2D eigenvalue weighted by Crippen LogP contribution is -2.24. The first-order chi connectivity index (χ1) is 6.91. The Labute approximate surface area is 84.3 Å². The molecule has 1 aromatic carbocycles. The SMILES string of the molecule is O=C(O)CC(F)(F)Cc1ccccc1F. The molecule has 2 nitrogen and oxygen atoms in total. The lowest BCUT2D eigenvalue weighted by Gasteiger charge is -2.14. The second kappa shape index (κ2) is 4.33. The molecule has 0 aromatic heterocycles. The van der Waals surface area contributed by atoms with Gasteiger partial charge in [-0.15, -0.1) is 0 Å². The summed E-state index contributed by atoms with van der Waals surface area (Å²) in [6, 6.07) is 5.08. The van der Waals surface area contributed by atoms with Crippen LogP contribution < -0.4 is 0 Å². The van der Waals surface area contributed by atoms with Crippen molar-refractivity contribution in [3.63, 3.8) is 0 Å². The van der Waals surface area contributed by atoms with Gasteiger partial charge in [-0.05, 0) is 11.6 Å². The van der Waals surface area contributed by atoms with E-state index in [-0.39, 0.29) is 5.56 Å². The van der Waals surface area contributed by atoms with Crippen LogP contribution in [-0.4, -0.2) is 17.0 Å². The molecule has 0 heterocycles. The molecule has 0 aliphatic heterocycles. The van der Waals surface area contributed by atoms with Crippen molar-refractivity contribution in [2.75, 3.05) is 0 Å². The molecule has 1 rings (SSSR count). The fourth-order valence-electron chi connectivity index (χ4n) is 1.20. The third-order valence-corrected chi connectivity index (χ3v) is 1.82. The van der Waals surface area contributed by atoms with Gasteiger partial charge in [0.25, 0.3) is 5.92 Å². The minimum atomic E-state index is -3.42. The van der Waals surface area contributed by atoms with Crippen LogP contribution in [0.2, 0.25) is 0 Å². The fourth-order valence-corrected chi connectivity index (χ4v) is 1.20. The van der Waals surface area contributed by atoms with Gasteiger partial charge in [0.05, 0.1) is 0 Å². The molecule has 1 aromatic rings. The molecule has 1 N–H and O–H groups in total. The van der Waals surface area contributed by atoms with Gasteiger partial charge in [-0.3, -0.25) is 4.79 Å². The number of hydrogen-bond donors (Lipinski definition) is 1. The average Bonchev–Trinajstić information content (AvgIpc) is 2.06. The van der Waals surface area contributed by atoms with Crippen LogP contribution in [0.15, 0.2) is 24.3 Å². The molecule has 0 aliphatic rings. The van der Waals surface area contributed by atoms with Crippen molar-refractivity contribution in [2.24, 2.45) is 0 Å². The van der Waals surface area contributed by atoms with Gasteiger partial charge >= 0.3 is 5.97 Å². The highest BCUT2D eigenvalue weighted by atomic mass is 19.3. The Morgan fingerprint density at radius 3 is 2.47 bits per heavy atom. The van der Waals surface area contributed by atoms with Gasteiger partial charge in [-0.2, -0.15) is 0 Å². The van der Waals surface area contributed by atoms with E-state index < -0.39 is 30.6 Å². The van der Waals surface area contributed by atoms with Crippen molar-refractivity contribution in [1.82, 2.24) is 0 Å². The smallest absolute Gasteiger partial charge is 0.309 e. The van der Waals surface area contributed by atoms with Crippen LogP contribution in [0.3, 0.4) is 0 Å². The zero-order chi connectivity index (χ0) is 11.5. The highest BCUT2D eigenvalue weighted by molar-refractivity contribution is 5.67. The van der Waals surface area contributed by atoms with E-state index in [1.54, 1.807) is 0 Å². The van der Waals surface area contributed by atoms with Crippen molar-refractivity contribution in [2.45, 2.75) is 18.8 Å². The maximum absolute atomic E-state index is 13.0. The second-order valence-corrected chi connectivity index (χ2v) is 3.19. The number of rotatable bonds is 4. The molecule has 0 saturated heterocycles. The van der Waals surface area contributed by atoms with Crippen LogP contribution in [-0.2, 0) is 11.2 Å². The number of carboxylic acids is 1. The van der Waals surface area contributed by atoms with Crippen molar-refractivity contribution < 1.29 is 23.1 Å². The standard InChI is InChI=1S/C10H9F3O2/c11-8-4-2-1-3-7(8)5-10(12,13)6-9(14)15/h1-4H,5-6H2,(H,14,15). The molecule has 0 amide bonds. The van der Waals surface area contributed by atoms with E-state index in [9.17, 15) is 18.0 Å². The Bertz CT molecular complexity index is 363. The Hall–Kier alpha value is -1.52. The minimum Gasteiger partial charge on any atom is -0.481 e. The Morgan fingerprint density at radius 2 is 1.93 bits per heavy atom. The molecule has 15 heavy (non-hydrogen) atoms. The summed E-state index contributed by atoms with van der Waals surface area (Å²) in [4.78, 5) is 10.1. The van der Waals surface area contributed by atoms with Gasteiger partial charge in [-0.25, -0.2) is 13.2 Å². The van der Waals surface area contributed by atoms with E-state index in [1.165, 1.54) is 18.2 Å². The minimum absolute atomic E-state index is 0.177. The van der Waals surface area contributed by atoms with E-state index >= 15 is 0 Å². The first-order valence-corrected chi connectivity index (χ1v) is 4.24. The third kappa shape index (κ3) is 3.61. The highest BCUT2D eigenvalue weighted by Gasteiger charge is 2.33. The summed E-state index contributed by atoms with van der Waals surface area (Å²) in [5, 5.41) is 8.22. The highest BCUT2D eigenvalue weighted by Crippen LogP contribution is 2.25. The summed E-state index contributed by atoms with van der Waals surface area (Å²) >= 11 is 0. The van der Waals surface area contributed by atoms with Crippen LogP contribution in [0.5, 0.6) is 0 Å². The van der Waals surface area contributed by atoms with Gasteiger partial charge in [0.2, 0.25) is 0 Å². The molecule has 82 valence electrons. The van der Waals surface area contributed by atoms with Gasteiger partial charge in [0, 0.05) is 6.42 Å². The summed E-state index contributed by atoms with van der Waals surface area (Å²) in [6.45, 7) is 0. The molecule has 0 atom stereocenters. The molecule has 0 unspecified atom stereocenters. The van der Waals surface area contributed by atoms with Gasteiger partial charge in [0.15, 0.2) is 0 Å². The van der Waals surface area contributed by atoms with Crippen LogP contribution in [0.4, 0.5) is 13.2 Å². The van der Waals surface area contributed by atoms with E-state index in [2.05, 4.69) is 0 Å². The van der Waals surface area contributed by atoms with E-state index in [1.807, 2.05) is 0 Å². The Kier molecular flexibility index (Phi) is 3.34. The van der Waals surface area contributed by atoms with E-state index in [4.69, 9.17) is 5.11 Å². The lowest BCUT2D eigenvalue weighted by molar-refractivity contribution is -0.144. The van der Waals surface area contributed by atoms with Gasteiger partial charge in [-0.1, -0.05) is 18.2 Å². The predicted molar refractivity (Wildman–Crippen MR) is 47.3 cm³/mol. The van der Waals surface area contributed by atoms with Crippen LogP contribution in [0, 0.1) is 5.82 Å². The lowest BCUT2D eigenvalue weighted by atomic mass is 10.0. The summed E-state index contributed by atoms with van der Waals surface area (Å²) in [5.74, 6) is -5.77. The number of aliphatic carboxylic acids is 1. The molecular formula is C10H9F3O2. The molecule has 0 aliphatic carbocycles. The number of alkyl halides is 2. The Balaban J connectivity index is 2.77. The number of hydrogen-bond acceptors (Lipinski definition) is 1.